The number of carbonyl (C=O) groups is 2. The molecule has 2 aliphatic rings. The lowest BCUT2D eigenvalue weighted by Gasteiger charge is -2.33. The normalized spacial score (nSPS) is 18.7. The van der Waals surface area contributed by atoms with Gasteiger partial charge in [-0.3, -0.25) is 9.59 Å². The first kappa shape index (κ1) is 24.0. The van der Waals surface area contributed by atoms with Crippen LogP contribution in [0.3, 0.4) is 0 Å². The Morgan fingerprint density at radius 1 is 1.20 bits per heavy atom. The largest absolute Gasteiger partial charge is 0.373 e. The van der Waals surface area contributed by atoms with Gasteiger partial charge in [-0.1, -0.05) is 23.2 Å². The van der Waals surface area contributed by atoms with Gasteiger partial charge < -0.3 is 19.1 Å². The molecule has 0 radical (unpaired) electrons. The van der Waals surface area contributed by atoms with E-state index in [2.05, 4.69) is 0 Å². The van der Waals surface area contributed by atoms with Crippen molar-refractivity contribution in [2.75, 3.05) is 31.1 Å². The number of aryl methyl sites for hydroxylation is 1. The predicted octanol–water partition coefficient (Wildman–Crippen LogP) is 4.83. The lowest BCUT2D eigenvalue weighted by Crippen LogP contribution is -2.46. The highest BCUT2D eigenvalue weighted by atomic mass is 35.5. The van der Waals surface area contributed by atoms with Gasteiger partial charge in [0.05, 0.1) is 40.4 Å². The minimum atomic E-state index is -0.412. The highest BCUT2D eigenvalue weighted by Crippen LogP contribution is 2.40. The molecule has 0 N–H and O–H groups in total. The van der Waals surface area contributed by atoms with Crippen LogP contribution < -0.4 is 4.90 Å². The van der Waals surface area contributed by atoms with Crippen LogP contribution in [0.1, 0.15) is 25.3 Å². The van der Waals surface area contributed by atoms with E-state index in [4.69, 9.17) is 32.9 Å². The zero-order valence-corrected chi connectivity index (χ0v) is 21.0. The topological polar surface area (TPSA) is 67.7 Å². The first-order valence-corrected chi connectivity index (χ1v) is 12.3. The molecule has 0 saturated carbocycles. The van der Waals surface area contributed by atoms with Gasteiger partial charge in [-0.15, -0.1) is 0 Å². The van der Waals surface area contributed by atoms with Crippen molar-refractivity contribution in [3.63, 3.8) is 0 Å². The summed E-state index contributed by atoms with van der Waals surface area (Å²) in [6.45, 7) is 5.50. The highest BCUT2D eigenvalue weighted by Gasteiger charge is 2.28. The van der Waals surface area contributed by atoms with Crippen LogP contribution in [0.5, 0.6) is 0 Å². The molecule has 2 aromatic carbocycles. The summed E-state index contributed by atoms with van der Waals surface area (Å²) in [7, 11) is 0. The Morgan fingerprint density at radius 3 is 2.60 bits per heavy atom. The number of nitrogens with zero attached hydrogens (tertiary/aromatic N) is 4. The number of aromatic nitrogens is 2. The lowest BCUT2D eigenvalue weighted by atomic mass is 10.1. The number of amides is 2. The fraction of sp³-hybridized carbons (Fsp3) is 0.400. The SMILES string of the molecule is CC(=O)N1CCO[C@@H](Cn2c(-c3c(Cl)cc(N4CCCC4=O)cc3Cl)nc3cc(C)cc(F)c32)C1. The van der Waals surface area contributed by atoms with Crippen molar-refractivity contribution in [3.05, 3.63) is 45.7 Å². The summed E-state index contributed by atoms with van der Waals surface area (Å²) in [5, 5.41) is 0.631. The number of halogens is 3. The van der Waals surface area contributed by atoms with Crippen LogP contribution in [0.4, 0.5) is 10.1 Å². The average Bonchev–Trinajstić information content (AvgIpc) is 3.37. The molecule has 1 atom stereocenters. The van der Waals surface area contributed by atoms with Gasteiger partial charge >= 0.3 is 0 Å². The van der Waals surface area contributed by atoms with Crippen LogP contribution in [0.25, 0.3) is 22.4 Å². The van der Waals surface area contributed by atoms with Gasteiger partial charge in [-0.05, 0) is 43.2 Å². The second-order valence-electron chi connectivity index (χ2n) is 9.05. The molecular weight excluding hydrogens is 494 g/mol. The van der Waals surface area contributed by atoms with Crippen molar-refractivity contribution in [1.29, 1.82) is 0 Å². The summed E-state index contributed by atoms with van der Waals surface area (Å²) < 4.78 is 22.9. The number of benzene rings is 2. The molecule has 1 aromatic heterocycles. The Morgan fingerprint density at radius 2 is 1.94 bits per heavy atom. The average molecular weight is 519 g/mol. The lowest BCUT2D eigenvalue weighted by molar-refractivity contribution is -0.136. The molecule has 3 aromatic rings. The van der Waals surface area contributed by atoms with Gasteiger partial charge in [0.2, 0.25) is 11.8 Å². The van der Waals surface area contributed by atoms with Crippen molar-refractivity contribution < 1.29 is 18.7 Å². The number of fused-ring (bicyclic) bond motifs is 1. The summed E-state index contributed by atoms with van der Waals surface area (Å²) in [4.78, 5) is 32.3. The molecular formula is C25H25Cl2FN4O3. The number of ether oxygens (including phenoxy) is 1. The molecule has 2 fully saturated rings. The Kier molecular flexibility index (Phi) is 6.46. The second kappa shape index (κ2) is 9.41. The molecule has 0 unspecified atom stereocenters. The number of rotatable bonds is 4. The van der Waals surface area contributed by atoms with E-state index in [-0.39, 0.29) is 24.5 Å². The van der Waals surface area contributed by atoms with E-state index >= 15 is 4.39 Å². The van der Waals surface area contributed by atoms with Crippen LogP contribution in [-0.2, 0) is 20.9 Å². The van der Waals surface area contributed by atoms with E-state index in [0.29, 0.717) is 70.8 Å². The van der Waals surface area contributed by atoms with Crippen molar-refractivity contribution in [1.82, 2.24) is 14.5 Å². The van der Waals surface area contributed by atoms with Crippen LogP contribution in [0.2, 0.25) is 10.0 Å². The maximum absolute atomic E-state index is 15.2. The molecule has 2 amide bonds. The highest BCUT2D eigenvalue weighted by molar-refractivity contribution is 6.39. The summed E-state index contributed by atoms with van der Waals surface area (Å²) in [5.74, 6) is -0.0139. The molecule has 10 heteroatoms. The van der Waals surface area contributed by atoms with Crippen LogP contribution >= 0.6 is 23.2 Å². The molecule has 7 nitrogen and oxygen atoms in total. The summed E-state index contributed by atoms with van der Waals surface area (Å²) >= 11 is 13.4. The molecule has 0 aliphatic carbocycles. The fourth-order valence-electron chi connectivity index (χ4n) is 4.89. The summed E-state index contributed by atoms with van der Waals surface area (Å²) in [6.07, 6.45) is 0.913. The van der Waals surface area contributed by atoms with E-state index in [1.807, 2.05) is 0 Å². The Bertz CT molecular complexity index is 1320. The number of carbonyl (C=O) groups excluding carboxylic acids is 2. The van der Waals surface area contributed by atoms with Crippen LogP contribution in [-0.4, -0.2) is 58.6 Å². The minimum absolute atomic E-state index is 0.0270. The second-order valence-corrected chi connectivity index (χ2v) is 9.87. The maximum atomic E-state index is 15.2. The fourth-order valence-corrected chi connectivity index (χ4v) is 5.53. The van der Waals surface area contributed by atoms with Gasteiger partial charge in [-0.25, -0.2) is 9.37 Å². The standard InChI is InChI=1S/C25H25Cl2FN4O3/c1-14-8-20(28)24-21(9-14)29-25(32(24)13-17-12-30(15(2)33)6-7-35-17)23-18(26)10-16(11-19(23)27)31-5-3-4-22(31)34/h8-11,17H,3-7,12-13H2,1-2H3/t17-/m1/s1. The van der Waals surface area contributed by atoms with Gasteiger partial charge in [0.1, 0.15) is 17.2 Å². The Hall–Kier alpha value is -2.68. The summed E-state index contributed by atoms with van der Waals surface area (Å²) in [6, 6.07) is 6.66. The minimum Gasteiger partial charge on any atom is -0.373 e. The quantitative estimate of drug-likeness (QED) is 0.495. The Balaban J connectivity index is 1.62. The van der Waals surface area contributed by atoms with Gasteiger partial charge in [0.15, 0.2) is 0 Å². The van der Waals surface area contributed by atoms with Crippen molar-refractivity contribution >= 4 is 51.7 Å². The number of hydrogen-bond acceptors (Lipinski definition) is 4. The molecule has 2 saturated heterocycles. The van der Waals surface area contributed by atoms with Crippen LogP contribution in [0, 0.1) is 12.7 Å². The van der Waals surface area contributed by atoms with E-state index in [0.717, 1.165) is 12.0 Å². The molecule has 2 aliphatic heterocycles. The van der Waals surface area contributed by atoms with E-state index in [9.17, 15) is 9.59 Å². The first-order valence-electron chi connectivity index (χ1n) is 11.6. The number of anilines is 1. The van der Waals surface area contributed by atoms with Gasteiger partial charge in [0, 0.05) is 38.7 Å². The Labute approximate surface area is 212 Å². The third kappa shape index (κ3) is 4.50. The smallest absolute Gasteiger partial charge is 0.227 e. The predicted molar refractivity (Wildman–Crippen MR) is 133 cm³/mol. The zero-order chi connectivity index (χ0) is 24.9. The molecule has 0 spiro atoms. The molecule has 35 heavy (non-hydrogen) atoms. The molecule has 0 bridgehead atoms. The van der Waals surface area contributed by atoms with Crippen LogP contribution in [0.15, 0.2) is 24.3 Å². The molecule has 3 heterocycles. The van der Waals surface area contributed by atoms with Crippen molar-refractivity contribution in [3.8, 4) is 11.4 Å². The van der Waals surface area contributed by atoms with Crippen molar-refractivity contribution in [2.45, 2.75) is 39.3 Å². The number of imidazole rings is 1. The maximum Gasteiger partial charge on any atom is 0.227 e. The van der Waals surface area contributed by atoms with E-state index in [1.165, 1.54) is 13.0 Å². The summed E-state index contributed by atoms with van der Waals surface area (Å²) in [5.41, 5.74) is 2.62. The zero-order valence-electron chi connectivity index (χ0n) is 19.5. The van der Waals surface area contributed by atoms with Crippen molar-refractivity contribution in [2.24, 2.45) is 0 Å². The number of hydrogen-bond donors (Lipinski definition) is 0. The molecule has 184 valence electrons. The van der Waals surface area contributed by atoms with E-state index < -0.39 is 5.82 Å². The monoisotopic (exact) mass is 518 g/mol. The van der Waals surface area contributed by atoms with E-state index in [1.54, 1.807) is 39.5 Å². The van der Waals surface area contributed by atoms with Gasteiger partial charge in [0.25, 0.3) is 0 Å². The first-order chi connectivity index (χ1) is 16.7. The number of morpholine rings is 1. The van der Waals surface area contributed by atoms with Gasteiger partial charge in [-0.2, -0.15) is 0 Å². The third-order valence-electron chi connectivity index (χ3n) is 6.55. The molecule has 5 rings (SSSR count). The third-order valence-corrected chi connectivity index (χ3v) is 7.14.